The Balaban J connectivity index is 1.72. The number of carbonyl (C=O) groups excluding carboxylic acids is 1. The number of benzene rings is 2. The Hall–Kier alpha value is -2.29. The van der Waals surface area contributed by atoms with Gasteiger partial charge >= 0.3 is 0 Å². The zero-order chi connectivity index (χ0) is 17.5. The maximum absolute atomic E-state index is 12.1. The molecule has 0 aromatic heterocycles. The summed E-state index contributed by atoms with van der Waals surface area (Å²) < 4.78 is 5.70. The Morgan fingerprint density at radius 2 is 1.75 bits per heavy atom. The molecule has 0 aliphatic heterocycles. The molecule has 128 valence electrons. The summed E-state index contributed by atoms with van der Waals surface area (Å²) in [7, 11) is 0. The number of rotatable bonds is 7. The Kier molecular flexibility index (Phi) is 6.42. The van der Waals surface area contributed by atoms with Crippen LogP contribution in [0.4, 0.5) is 0 Å². The van der Waals surface area contributed by atoms with Crippen molar-refractivity contribution in [2.45, 2.75) is 46.6 Å². The van der Waals surface area contributed by atoms with E-state index in [0.717, 1.165) is 12.2 Å². The number of ether oxygens (including phenoxy) is 1. The van der Waals surface area contributed by atoms with Gasteiger partial charge in [0.15, 0.2) is 0 Å². The molecule has 1 unspecified atom stereocenters. The molecule has 0 saturated heterocycles. The van der Waals surface area contributed by atoms with Crippen molar-refractivity contribution < 1.29 is 9.53 Å². The van der Waals surface area contributed by atoms with Crippen molar-refractivity contribution in [2.24, 2.45) is 0 Å². The summed E-state index contributed by atoms with van der Waals surface area (Å²) >= 11 is 0. The van der Waals surface area contributed by atoms with Gasteiger partial charge in [0.05, 0.1) is 6.04 Å². The second-order valence-corrected chi connectivity index (χ2v) is 6.51. The van der Waals surface area contributed by atoms with Crippen LogP contribution in [0.1, 0.15) is 35.6 Å². The molecule has 0 aliphatic carbocycles. The van der Waals surface area contributed by atoms with Gasteiger partial charge in [0.2, 0.25) is 5.91 Å². The summed E-state index contributed by atoms with van der Waals surface area (Å²) in [4.78, 5) is 12.1. The average Bonchev–Trinajstić information content (AvgIpc) is 2.55. The van der Waals surface area contributed by atoms with Crippen LogP contribution in [0.5, 0.6) is 5.75 Å². The fourth-order valence-electron chi connectivity index (χ4n) is 2.46. The first-order chi connectivity index (χ1) is 11.4. The van der Waals surface area contributed by atoms with Gasteiger partial charge in [0.1, 0.15) is 12.4 Å². The van der Waals surface area contributed by atoms with Crippen LogP contribution >= 0.6 is 0 Å². The van der Waals surface area contributed by atoms with E-state index in [0.29, 0.717) is 13.0 Å². The zero-order valence-corrected chi connectivity index (χ0v) is 15.1. The molecule has 3 nitrogen and oxygen atoms in total. The largest absolute Gasteiger partial charge is 0.491 e. The summed E-state index contributed by atoms with van der Waals surface area (Å²) in [5.74, 6) is 0.894. The van der Waals surface area contributed by atoms with Crippen molar-refractivity contribution in [1.82, 2.24) is 5.32 Å². The lowest BCUT2D eigenvalue weighted by molar-refractivity contribution is -0.121. The number of amides is 1. The Morgan fingerprint density at radius 1 is 1.04 bits per heavy atom. The van der Waals surface area contributed by atoms with Gasteiger partial charge in [-0.3, -0.25) is 4.79 Å². The molecule has 0 bridgehead atoms. The molecule has 1 N–H and O–H groups in total. The summed E-state index contributed by atoms with van der Waals surface area (Å²) in [6.07, 6.45) is 1.26. The highest BCUT2D eigenvalue weighted by atomic mass is 16.5. The number of hydrogen-bond acceptors (Lipinski definition) is 2. The predicted octanol–water partition coefficient (Wildman–Crippen LogP) is 4.13. The first-order valence-electron chi connectivity index (χ1n) is 8.49. The minimum atomic E-state index is -0.0152. The van der Waals surface area contributed by atoms with Gasteiger partial charge in [-0.25, -0.2) is 0 Å². The van der Waals surface area contributed by atoms with Crippen molar-refractivity contribution >= 4 is 5.91 Å². The van der Waals surface area contributed by atoms with E-state index in [2.05, 4.69) is 37.4 Å². The highest BCUT2D eigenvalue weighted by molar-refractivity contribution is 5.76. The SMILES string of the molecule is Cc1ccc(OCC(C)NC(=O)CCc2ccc(C)c(C)c2)cc1. The van der Waals surface area contributed by atoms with E-state index >= 15 is 0 Å². The van der Waals surface area contributed by atoms with Gasteiger partial charge < -0.3 is 10.1 Å². The van der Waals surface area contributed by atoms with E-state index < -0.39 is 0 Å². The summed E-state index contributed by atoms with van der Waals surface area (Å²) in [6, 6.07) is 14.3. The quantitative estimate of drug-likeness (QED) is 0.831. The van der Waals surface area contributed by atoms with Gasteiger partial charge in [-0.2, -0.15) is 0 Å². The molecule has 2 aromatic rings. The maximum Gasteiger partial charge on any atom is 0.220 e. The van der Waals surface area contributed by atoms with Crippen molar-refractivity contribution in [2.75, 3.05) is 6.61 Å². The molecule has 24 heavy (non-hydrogen) atoms. The second kappa shape index (κ2) is 8.53. The topological polar surface area (TPSA) is 38.3 Å². The molecule has 0 fully saturated rings. The molecule has 3 heteroatoms. The molecule has 0 aliphatic rings. The molecule has 0 spiro atoms. The Bertz CT molecular complexity index is 677. The van der Waals surface area contributed by atoms with Gasteiger partial charge in [-0.05, 0) is 62.9 Å². The zero-order valence-electron chi connectivity index (χ0n) is 15.1. The predicted molar refractivity (Wildman–Crippen MR) is 98.5 cm³/mol. The number of aryl methyl sites for hydroxylation is 4. The minimum Gasteiger partial charge on any atom is -0.491 e. The lowest BCUT2D eigenvalue weighted by Crippen LogP contribution is -2.36. The number of hydrogen-bond donors (Lipinski definition) is 1. The molecule has 2 rings (SSSR count). The normalized spacial score (nSPS) is 11.8. The van der Waals surface area contributed by atoms with Crippen LogP contribution < -0.4 is 10.1 Å². The van der Waals surface area contributed by atoms with Gasteiger partial charge in [-0.1, -0.05) is 35.9 Å². The molecule has 2 aromatic carbocycles. The van der Waals surface area contributed by atoms with Crippen LogP contribution in [0.3, 0.4) is 0 Å². The van der Waals surface area contributed by atoms with Crippen molar-refractivity contribution in [1.29, 1.82) is 0 Å². The van der Waals surface area contributed by atoms with Gasteiger partial charge in [0, 0.05) is 6.42 Å². The fourth-order valence-corrected chi connectivity index (χ4v) is 2.46. The first kappa shape index (κ1) is 18.1. The van der Waals surface area contributed by atoms with E-state index in [9.17, 15) is 4.79 Å². The highest BCUT2D eigenvalue weighted by Crippen LogP contribution is 2.12. The maximum atomic E-state index is 12.1. The van der Waals surface area contributed by atoms with Gasteiger partial charge in [0.25, 0.3) is 0 Å². The number of nitrogens with one attached hydrogen (secondary N) is 1. The molecule has 1 atom stereocenters. The van der Waals surface area contributed by atoms with Crippen molar-refractivity contribution in [3.05, 3.63) is 64.7 Å². The van der Waals surface area contributed by atoms with E-state index in [1.807, 2.05) is 38.1 Å². The second-order valence-electron chi connectivity index (χ2n) is 6.51. The molecule has 1 amide bonds. The van der Waals surface area contributed by atoms with Crippen LogP contribution in [-0.2, 0) is 11.2 Å². The monoisotopic (exact) mass is 325 g/mol. The van der Waals surface area contributed by atoms with E-state index in [4.69, 9.17) is 4.74 Å². The molecule has 0 heterocycles. The van der Waals surface area contributed by atoms with E-state index in [1.54, 1.807) is 0 Å². The van der Waals surface area contributed by atoms with Crippen LogP contribution in [-0.4, -0.2) is 18.6 Å². The Labute approximate surface area is 145 Å². The van der Waals surface area contributed by atoms with Crippen molar-refractivity contribution in [3.63, 3.8) is 0 Å². The van der Waals surface area contributed by atoms with Crippen LogP contribution in [0, 0.1) is 20.8 Å². The number of carbonyl (C=O) groups is 1. The smallest absolute Gasteiger partial charge is 0.220 e. The summed E-state index contributed by atoms with van der Waals surface area (Å²) in [5.41, 5.74) is 4.96. The van der Waals surface area contributed by atoms with Gasteiger partial charge in [-0.15, -0.1) is 0 Å². The van der Waals surface area contributed by atoms with Crippen LogP contribution in [0.25, 0.3) is 0 Å². The summed E-state index contributed by atoms with van der Waals surface area (Å²) in [6.45, 7) is 8.67. The lowest BCUT2D eigenvalue weighted by Gasteiger charge is -2.15. The fraction of sp³-hybridized carbons (Fsp3) is 0.381. The van der Waals surface area contributed by atoms with E-state index in [1.165, 1.54) is 22.3 Å². The molecular formula is C21H27NO2. The minimum absolute atomic E-state index is 0.0152. The van der Waals surface area contributed by atoms with Crippen molar-refractivity contribution in [3.8, 4) is 5.75 Å². The summed E-state index contributed by atoms with van der Waals surface area (Å²) in [5, 5.41) is 2.99. The van der Waals surface area contributed by atoms with Crippen LogP contribution in [0.15, 0.2) is 42.5 Å². The third-order valence-electron chi connectivity index (χ3n) is 4.14. The molecular weight excluding hydrogens is 298 g/mol. The lowest BCUT2D eigenvalue weighted by atomic mass is 10.0. The van der Waals surface area contributed by atoms with Crippen LogP contribution in [0.2, 0.25) is 0 Å². The average molecular weight is 325 g/mol. The highest BCUT2D eigenvalue weighted by Gasteiger charge is 2.09. The molecule has 0 saturated carbocycles. The third-order valence-corrected chi connectivity index (χ3v) is 4.14. The first-order valence-corrected chi connectivity index (χ1v) is 8.49. The Morgan fingerprint density at radius 3 is 2.42 bits per heavy atom. The molecule has 0 radical (unpaired) electrons. The standard InChI is InChI=1S/C21H27NO2/c1-15-5-10-20(11-6-15)24-14-18(4)22-21(23)12-9-19-8-7-16(2)17(3)13-19/h5-8,10-11,13,18H,9,12,14H2,1-4H3,(H,22,23). The van der Waals surface area contributed by atoms with E-state index in [-0.39, 0.29) is 11.9 Å². The third kappa shape index (κ3) is 5.73.